The predicted octanol–water partition coefficient (Wildman–Crippen LogP) is 2.26. The van der Waals surface area contributed by atoms with Crippen LogP contribution in [0.25, 0.3) is 11.2 Å². The molecule has 0 saturated carbocycles. The van der Waals surface area contributed by atoms with E-state index >= 15 is 0 Å². The van der Waals surface area contributed by atoms with E-state index in [0.29, 0.717) is 0 Å². The van der Waals surface area contributed by atoms with Crippen LogP contribution >= 0.6 is 0 Å². The summed E-state index contributed by atoms with van der Waals surface area (Å²) in [5.41, 5.74) is 2.89. The number of aromatic nitrogens is 3. The van der Waals surface area contributed by atoms with E-state index in [1.807, 2.05) is 18.5 Å². The second-order valence-corrected chi connectivity index (χ2v) is 4.22. The molecule has 0 unspecified atom stereocenters. The molecule has 0 aliphatic heterocycles. The third-order valence-corrected chi connectivity index (χ3v) is 2.03. The molecular formula is C10H13N3. The van der Waals surface area contributed by atoms with Crippen LogP contribution in [0.1, 0.15) is 26.5 Å². The molecule has 2 heterocycles. The molecule has 0 aromatic carbocycles. The molecule has 0 spiro atoms. The van der Waals surface area contributed by atoms with Crippen LogP contribution in [0.4, 0.5) is 0 Å². The maximum Gasteiger partial charge on any atom is 0.156 e. The van der Waals surface area contributed by atoms with Crippen LogP contribution in [-0.4, -0.2) is 15.0 Å². The van der Waals surface area contributed by atoms with E-state index in [-0.39, 0.29) is 5.41 Å². The Morgan fingerprint density at radius 3 is 2.77 bits per heavy atom. The number of hydrogen-bond donors (Lipinski definition) is 1. The first-order chi connectivity index (χ1) is 6.07. The van der Waals surface area contributed by atoms with Gasteiger partial charge in [-0.1, -0.05) is 20.8 Å². The van der Waals surface area contributed by atoms with E-state index in [9.17, 15) is 0 Å². The van der Waals surface area contributed by atoms with Gasteiger partial charge in [0.1, 0.15) is 5.52 Å². The van der Waals surface area contributed by atoms with Crippen molar-refractivity contribution in [2.24, 2.45) is 0 Å². The number of nitrogens with zero attached hydrogens (tertiary/aromatic N) is 2. The van der Waals surface area contributed by atoms with Crippen molar-refractivity contribution in [3.8, 4) is 0 Å². The Morgan fingerprint density at radius 2 is 2.08 bits per heavy atom. The van der Waals surface area contributed by atoms with Gasteiger partial charge in [0.2, 0.25) is 0 Å². The summed E-state index contributed by atoms with van der Waals surface area (Å²) in [6.07, 6.45) is 3.69. The maximum atomic E-state index is 4.51. The summed E-state index contributed by atoms with van der Waals surface area (Å²) in [6.45, 7) is 6.40. The highest BCUT2D eigenvalue weighted by Crippen LogP contribution is 2.20. The smallest absolute Gasteiger partial charge is 0.156 e. The second kappa shape index (κ2) is 2.55. The number of rotatable bonds is 0. The molecule has 0 atom stereocenters. The van der Waals surface area contributed by atoms with E-state index in [4.69, 9.17) is 0 Å². The summed E-state index contributed by atoms with van der Waals surface area (Å²) in [6, 6.07) is 1.94. The first kappa shape index (κ1) is 8.23. The van der Waals surface area contributed by atoms with Crippen molar-refractivity contribution in [3.63, 3.8) is 0 Å². The zero-order valence-electron chi connectivity index (χ0n) is 8.13. The molecule has 0 fully saturated rings. The van der Waals surface area contributed by atoms with Gasteiger partial charge in [0, 0.05) is 11.6 Å². The van der Waals surface area contributed by atoms with Gasteiger partial charge in [-0.15, -0.1) is 0 Å². The highest BCUT2D eigenvalue weighted by molar-refractivity contribution is 5.69. The van der Waals surface area contributed by atoms with Gasteiger partial charge >= 0.3 is 0 Å². The lowest BCUT2D eigenvalue weighted by atomic mass is 9.93. The van der Waals surface area contributed by atoms with E-state index in [1.54, 1.807) is 0 Å². The molecule has 2 aromatic heterocycles. The summed E-state index contributed by atoms with van der Waals surface area (Å²) in [7, 11) is 0. The van der Waals surface area contributed by atoms with Crippen molar-refractivity contribution < 1.29 is 0 Å². The number of nitrogens with one attached hydrogen (secondary N) is 1. The average molecular weight is 175 g/mol. The zero-order valence-corrected chi connectivity index (χ0v) is 8.13. The molecule has 0 saturated heterocycles. The standard InChI is InChI=1S/C10H13N3/c1-10(2,3)8-6-12-9-7(13-8)4-5-11-9/h4-6H,1-3H3,(H,11,12). The van der Waals surface area contributed by atoms with E-state index in [0.717, 1.165) is 16.9 Å². The third-order valence-electron chi connectivity index (χ3n) is 2.03. The Bertz CT molecular complexity index is 423. The van der Waals surface area contributed by atoms with Crippen LogP contribution in [0.15, 0.2) is 18.5 Å². The minimum Gasteiger partial charge on any atom is -0.345 e. The lowest BCUT2D eigenvalue weighted by molar-refractivity contribution is 0.568. The molecule has 0 aliphatic carbocycles. The van der Waals surface area contributed by atoms with Gasteiger partial charge in [-0.25, -0.2) is 9.97 Å². The predicted molar refractivity (Wildman–Crippen MR) is 52.6 cm³/mol. The molecule has 1 N–H and O–H groups in total. The second-order valence-electron chi connectivity index (χ2n) is 4.22. The normalized spacial score (nSPS) is 12.2. The molecule has 3 heteroatoms. The topological polar surface area (TPSA) is 41.6 Å². The summed E-state index contributed by atoms with van der Waals surface area (Å²) >= 11 is 0. The SMILES string of the molecule is CC(C)(C)c1cnc2[nH]ccc2n1. The highest BCUT2D eigenvalue weighted by Gasteiger charge is 2.16. The van der Waals surface area contributed by atoms with Gasteiger partial charge in [-0.3, -0.25) is 0 Å². The van der Waals surface area contributed by atoms with Gasteiger partial charge < -0.3 is 4.98 Å². The Labute approximate surface area is 77.2 Å². The fourth-order valence-corrected chi connectivity index (χ4v) is 1.19. The number of H-pyrrole nitrogens is 1. The number of fused-ring (bicyclic) bond motifs is 1. The van der Waals surface area contributed by atoms with Crippen LogP contribution in [0.3, 0.4) is 0 Å². The molecular weight excluding hydrogens is 162 g/mol. The maximum absolute atomic E-state index is 4.51. The summed E-state index contributed by atoms with van der Waals surface area (Å²) in [5.74, 6) is 0. The minimum atomic E-state index is 0.0679. The fraction of sp³-hybridized carbons (Fsp3) is 0.400. The molecule has 0 aliphatic rings. The first-order valence-electron chi connectivity index (χ1n) is 4.38. The quantitative estimate of drug-likeness (QED) is 0.667. The van der Waals surface area contributed by atoms with Crippen LogP contribution < -0.4 is 0 Å². The molecule has 13 heavy (non-hydrogen) atoms. The number of hydrogen-bond acceptors (Lipinski definition) is 2. The Balaban J connectivity index is 2.61. The average Bonchev–Trinajstić information content (AvgIpc) is 2.47. The molecule has 0 amide bonds. The third kappa shape index (κ3) is 1.41. The lowest BCUT2D eigenvalue weighted by Gasteiger charge is -2.16. The van der Waals surface area contributed by atoms with Gasteiger partial charge in [-0.2, -0.15) is 0 Å². The van der Waals surface area contributed by atoms with Crippen LogP contribution in [0, 0.1) is 0 Å². The fourth-order valence-electron chi connectivity index (χ4n) is 1.19. The molecule has 2 rings (SSSR count). The van der Waals surface area contributed by atoms with Gasteiger partial charge in [0.15, 0.2) is 5.65 Å². The van der Waals surface area contributed by atoms with Crippen molar-refractivity contribution in [1.82, 2.24) is 15.0 Å². The van der Waals surface area contributed by atoms with Gasteiger partial charge in [0.25, 0.3) is 0 Å². The zero-order chi connectivity index (χ0) is 9.47. The Kier molecular flexibility index (Phi) is 1.62. The lowest BCUT2D eigenvalue weighted by Crippen LogP contribution is -2.13. The molecule has 68 valence electrons. The van der Waals surface area contributed by atoms with E-state index in [1.165, 1.54) is 0 Å². The monoisotopic (exact) mass is 175 g/mol. The summed E-state index contributed by atoms with van der Waals surface area (Å²) in [5, 5.41) is 0. The molecule has 2 aromatic rings. The van der Waals surface area contributed by atoms with E-state index < -0.39 is 0 Å². The van der Waals surface area contributed by atoms with Crippen molar-refractivity contribution in [2.75, 3.05) is 0 Å². The van der Waals surface area contributed by atoms with Crippen molar-refractivity contribution in [2.45, 2.75) is 26.2 Å². The van der Waals surface area contributed by atoms with Gasteiger partial charge in [0.05, 0.1) is 11.9 Å². The first-order valence-corrected chi connectivity index (χ1v) is 4.38. The number of aromatic amines is 1. The van der Waals surface area contributed by atoms with Crippen molar-refractivity contribution in [1.29, 1.82) is 0 Å². The highest BCUT2D eigenvalue weighted by atomic mass is 14.9. The van der Waals surface area contributed by atoms with Crippen LogP contribution in [0.2, 0.25) is 0 Å². The Morgan fingerprint density at radius 1 is 1.31 bits per heavy atom. The Hall–Kier alpha value is -1.38. The van der Waals surface area contributed by atoms with Crippen LogP contribution in [0.5, 0.6) is 0 Å². The van der Waals surface area contributed by atoms with Gasteiger partial charge in [-0.05, 0) is 6.07 Å². The molecule has 0 bridgehead atoms. The van der Waals surface area contributed by atoms with Crippen molar-refractivity contribution >= 4 is 11.2 Å². The van der Waals surface area contributed by atoms with Crippen LogP contribution in [-0.2, 0) is 5.41 Å². The minimum absolute atomic E-state index is 0.0679. The molecule has 0 radical (unpaired) electrons. The largest absolute Gasteiger partial charge is 0.345 e. The summed E-state index contributed by atoms with van der Waals surface area (Å²) < 4.78 is 0. The van der Waals surface area contributed by atoms with Crippen molar-refractivity contribution in [3.05, 3.63) is 24.2 Å². The van der Waals surface area contributed by atoms with E-state index in [2.05, 4.69) is 35.7 Å². The molecule has 3 nitrogen and oxygen atoms in total. The summed E-state index contributed by atoms with van der Waals surface area (Å²) in [4.78, 5) is 11.8.